The molecule has 21 heavy (non-hydrogen) atoms. The number of anilines is 1. The number of hydrogen-bond acceptors (Lipinski definition) is 6. The topological polar surface area (TPSA) is 89.7 Å². The lowest BCUT2D eigenvalue weighted by atomic mass is 10.3. The summed E-state index contributed by atoms with van der Waals surface area (Å²) in [5, 5.41) is 0. The molecule has 0 unspecified atom stereocenters. The fraction of sp³-hybridized carbons (Fsp3) is 0.462. The Labute approximate surface area is 129 Å². The number of sulfonamides is 1. The van der Waals surface area contributed by atoms with Gasteiger partial charge in [0, 0.05) is 29.9 Å². The van der Waals surface area contributed by atoms with Gasteiger partial charge in [0.25, 0.3) is 0 Å². The third-order valence-corrected chi connectivity index (χ3v) is 6.05. The van der Waals surface area contributed by atoms with Crippen molar-refractivity contribution in [2.75, 3.05) is 37.9 Å². The number of nitrogens with zero attached hydrogens (tertiary/aromatic N) is 1. The first kappa shape index (κ1) is 17.8. The van der Waals surface area contributed by atoms with Crippen LogP contribution in [-0.2, 0) is 19.6 Å². The zero-order valence-electron chi connectivity index (χ0n) is 12.1. The van der Waals surface area contributed by atoms with Crippen molar-refractivity contribution in [3.63, 3.8) is 0 Å². The number of nitrogen functional groups attached to an aromatic ring is 1. The number of thioether (sulfide) groups is 1. The fourth-order valence-corrected chi connectivity index (χ4v) is 4.00. The zero-order valence-corrected chi connectivity index (χ0v) is 13.7. The summed E-state index contributed by atoms with van der Waals surface area (Å²) in [6, 6.07) is 7.32. The third kappa shape index (κ3) is 5.94. The van der Waals surface area contributed by atoms with Crippen LogP contribution in [0.15, 0.2) is 29.2 Å². The largest absolute Gasteiger partial charge is 0.469 e. The molecule has 0 aromatic heterocycles. The number of carbonyl (C=O) groups excluding carboxylic acids is 1. The van der Waals surface area contributed by atoms with Crippen LogP contribution in [0.5, 0.6) is 0 Å². The van der Waals surface area contributed by atoms with Crippen LogP contribution in [0.2, 0.25) is 0 Å². The van der Waals surface area contributed by atoms with Gasteiger partial charge >= 0.3 is 5.97 Å². The van der Waals surface area contributed by atoms with E-state index in [-0.39, 0.29) is 18.7 Å². The van der Waals surface area contributed by atoms with Crippen molar-refractivity contribution in [2.24, 2.45) is 0 Å². The van der Waals surface area contributed by atoms with Crippen LogP contribution in [-0.4, -0.2) is 50.9 Å². The van der Waals surface area contributed by atoms with E-state index in [4.69, 9.17) is 5.73 Å². The number of para-hydroxylation sites is 1. The quantitative estimate of drug-likeness (QED) is 0.437. The zero-order chi connectivity index (χ0) is 15.9. The maximum atomic E-state index is 12.0. The molecular weight excluding hydrogens is 312 g/mol. The first-order chi connectivity index (χ1) is 9.86. The molecule has 6 nitrogen and oxygen atoms in total. The van der Waals surface area contributed by atoms with Crippen LogP contribution in [0.1, 0.15) is 6.42 Å². The maximum absolute atomic E-state index is 12.0. The van der Waals surface area contributed by atoms with Crippen LogP contribution in [0.3, 0.4) is 0 Å². The number of methoxy groups -OCH3 is 1. The molecule has 1 rings (SSSR count). The molecule has 1 aromatic carbocycles. The van der Waals surface area contributed by atoms with Crippen molar-refractivity contribution in [1.29, 1.82) is 0 Å². The highest BCUT2D eigenvalue weighted by Gasteiger charge is 2.18. The first-order valence-corrected chi connectivity index (χ1v) is 8.94. The Morgan fingerprint density at radius 1 is 1.38 bits per heavy atom. The highest BCUT2D eigenvalue weighted by atomic mass is 32.2. The maximum Gasteiger partial charge on any atom is 0.306 e. The van der Waals surface area contributed by atoms with Crippen molar-refractivity contribution >= 4 is 33.4 Å². The minimum absolute atomic E-state index is 0.0102. The number of carbonyl (C=O) groups is 1. The Morgan fingerprint density at radius 2 is 2.05 bits per heavy atom. The summed E-state index contributed by atoms with van der Waals surface area (Å²) in [6.45, 7) is 0.118. The number of hydrogen-bond donors (Lipinski definition) is 1. The highest BCUT2D eigenvalue weighted by Crippen LogP contribution is 2.24. The van der Waals surface area contributed by atoms with Gasteiger partial charge < -0.3 is 10.5 Å². The number of ether oxygens (including phenoxy) is 1. The molecule has 2 N–H and O–H groups in total. The van der Waals surface area contributed by atoms with Crippen LogP contribution >= 0.6 is 11.8 Å². The summed E-state index contributed by atoms with van der Waals surface area (Å²) in [5.41, 5.74) is 6.43. The molecule has 0 aliphatic heterocycles. The van der Waals surface area contributed by atoms with Crippen molar-refractivity contribution < 1.29 is 17.9 Å². The molecule has 0 amide bonds. The lowest BCUT2D eigenvalue weighted by Crippen LogP contribution is -2.32. The van der Waals surface area contributed by atoms with Crippen molar-refractivity contribution in [3.8, 4) is 0 Å². The lowest BCUT2D eigenvalue weighted by molar-refractivity contribution is -0.140. The molecule has 0 saturated carbocycles. The van der Waals surface area contributed by atoms with E-state index in [0.717, 1.165) is 4.90 Å². The second-order valence-electron chi connectivity index (χ2n) is 4.35. The molecule has 0 aliphatic rings. The van der Waals surface area contributed by atoms with E-state index < -0.39 is 16.0 Å². The molecule has 0 spiro atoms. The van der Waals surface area contributed by atoms with Crippen LogP contribution in [0, 0.1) is 0 Å². The number of benzene rings is 1. The minimum atomic E-state index is -3.38. The predicted octanol–water partition coefficient (Wildman–Crippen LogP) is 1.19. The van der Waals surface area contributed by atoms with Gasteiger partial charge in [-0.2, -0.15) is 0 Å². The molecule has 8 heteroatoms. The molecule has 0 radical (unpaired) electrons. The first-order valence-electron chi connectivity index (χ1n) is 6.35. The number of nitrogens with two attached hydrogens (primary N) is 1. The summed E-state index contributed by atoms with van der Waals surface area (Å²) in [7, 11) is -0.650. The molecule has 118 valence electrons. The average Bonchev–Trinajstić information content (AvgIpc) is 2.46. The van der Waals surface area contributed by atoms with E-state index in [2.05, 4.69) is 4.74 Å². The summed E-state index contributed by atoms with van der Waals surface area (Å²) < 4.78 is 29.7. The van der Waals surface area contributed by atoms with Gasteiger partial charge in [0.05, 0.1) is 19.3 Å². The monoisotopic (exact) mass is 332 g/mol. The summed E-state index contributed by atoms with van der Waals surface area (Å²) in [6.07, 6.45) is 0.0466. The van der Waals surface area contributed by atoms with Gasteiger partial charge in [-0.15, -0.1) is 11.8 Å². The second-order valence-corrected chi connectivity index (χ2v) is 7.68. The van der Waals surface area contributed by atoms with E-state index >= 15 is 0 Å². The molecule has 0 aliphatic carbocycles. The molecule has 0 atom stereocenters. The van der Waals surface area contributed by atoms with E-state index in [1.807, 2.05) is 18.2 Å². The molecule has 0 heterocycles. The van der Waals surface area contributed by atoms with Gasteiger partial charge in [-0.3, -0.25) is 4.79 Å². The summed E-state index contributed by atoms with van der Waals surface area (Å²) >= 11 is 1.40. The Morgan fingerprint density at radius 3 is 2.67 bits per heavy atom. The van der Waals surface area contributed by atoms with Crippen LogP contribution in [0.25, 0.3) is 0 Å². The van der Waals surface area contributed by atoms with Gasteiger partial charge in [0.1, 0.15) is 0 Å². The summed E-state index contributed by atoms with van der Waals surface area (Å²) in [5.74, 6) is -0.0357. The van der Waals surface area contributed by atoms with E-state index in [0.29, 0.717) is 11.4 Å². The van der Waals surface area contributed by atoms with Gasteiger partial charge in [-0.25, -0.2) is 12.7 Å². The van der Waals surface area contributed by atoms with Gasteiger partial charge in [0.2, 0.25) is 10.0 Å². The number of esters is 1. The third-order valence-electron chi connectivity index (χ3n) is 2.85. The summed E-state index contributed by atoms with van der Waals surface area (Å²) in [4.78, 5) is 11.9. The second kappa shape index (κ2) is 8.26. The van der Waals surface area contributed by atoms with E-state index in [9.17, 15) is 13.2 Å². The Kier molecular flexibility index (Phi) is 7.00. The minimum Gasteiger partial charge on any atom is -0.469 e. The molecule has 0 fully saturated rings. The average molecular weight is 332 g/mol. The molecule has 0 saturated heterocycles. The Bertz CT molecular complexity index is 575. The van der Waals surface area contributed by atoms with E-state index in [1.54, 1.807) is 6.07 Å². The predicted molar refractivity (Wildman–Crippen MR) is 84.6 cm³/mol. The van der Waals surface area contributed by atoms with Crippen molar-refractivity contribution in [3.05, 3.63) is 24.3 Å². The fourth-order valence-electron chi connectivity index (χ4n) is 1.51. The van der Waals surface area contributed by atoms with E-state index in [1.165, 1.54) is 30.2 Å². The Hall–Kier alpha value is -1.25. The van der Waals surface area contributed by atoms with Gasteiger partial charge in [0.15, 0.2) is 0 Å². The van der Waals surface area contributed by atoms with Crippen molar-refractivity contribution in [1.82, 2.24) is 4.31 Å². The van der Waals surface area contributed by atoms with Crippen LogP contribution < -0.4 is 5.73 Å². The molecule has 1 aromatic rings. The van der Waals surface area contributed by atoms with Gasteiger partial charge in [-0.05, 0) is 12.1 Å². The van der Waals surface area contributed by atoms with Crippen molar-refractivity contribution in [2.45, 2.75) is 11.3 Å². The van der Waals surface area contributed by atoms with Crippen LogP contribution in [0.4, 0.5) is 5.69 Å². The highest BCUT2D eigenvalue weighted by molar-refractivity contribution is 8.00. The molecular formula is C13H20N2O4S2. The lowest BCUT2D eigenvalue weighted by Gasteiger charge is -2.16. The Balaban J connectivity index is 2.45. The smallest absolute Gasteiger partial charge is 0.306 e. The molecule has 0 bridgehead atoms. The standard InChI is InChI=1S/C13H20N2O4S2/c1-15(8-7-13(16)19-2)21(17,18)10-9-20-12-6-4-3-5-11(12)14/h3-6H,7-10,14H2,1-2H3. The number of rotatable bonds is 8. The SMILES string of the molecule is COC(=O)CCN(C)S(=O)(=O)CCSc1ccccc1N. The normalized spacial score (nSPS) is 11.6. The van der Waals surface area contributed by atoms with Gasteiger partial charge in [-0.1, -0.05) is 12.1 Å².